The van der Waals surface area contributed by atoms with Crippen LogP contribution >= 0.6 is 0 Å². The van der Waals surface area contributed by atoms with E-state index in [1.165, 1.54) is 9.80 Å². The van der Waals surface area contributed by atoms with Crippen LogP contribution in [0.15, 0.2) is 24.3 Å². The average Bonchev–Trinajstić information content (AvgIpc) is 2.60. The minimum atomic E-state index is -1.08. The van der Waals surface area contributed by atoms with Crippen LogP contribution in [-0.4, -0.2) is 66.7 Å². The summed E-state index contributed by atoms with van der Waals surface area (Å²) in [6, 6.07) is 7.16. The minimum absolute atomic E-state index is 0.0296. The van der Waals surface area contributed by atoms with E-state index in [0.717, 1.165) is 0 Å². The van der Waals surface area contributed by atoms with E-state index in [1.54, 1.807) is 18.2 Å². The SMILES string of the molecule is O=C(O)C1CN(C(=O)CCN2C(=O)COc3ccccc32)CCO1. The molecule has 2 aliphatic rings. The number of amides is 2. The molecule has 1 aromatic carbocycles. The minimum Gasteiger partial charge on any atom is -0.482 e. The fourth-order valence-electron chi connectivity index (χ4n) is 2.79. The summed E-state index contributed by atoms with van der Waals surface area (Å²) in [5.74, 6) is -0.861. The molecule has 2 aliphatic heterocycles. The zero-order chi connectivity index (χ0) is 17.1. The Hall–Kier alpha value is -2.61. The normalized spacial score (nSPS) is 20.3. The molecule has 0 saturated carbocycles. The van der Waals surface area contributed by atoms with Crippen LogP contribution in [0, 0.1) is 0 Å². The smallest absolute Gasteiger partial charge is 0.334 e. The largest absolute Gasteiger partial charge is 0.482 e. The van der Waals surface area contributed by atoms with Gasteiger partial charge in [-0.1, -0.05) is 12.1 Å². The number of hydrogen-bond donors (Lipinski definition) is 1. The Labute approximate surface area is 138 Å². The molecule has 1 saturated heterocycles. The molecule has 0 spiro atoms. The van der Waals surface area contributed by atoms with E-state index < -0.39 is 12.1 Å². The lowest BCUT2D eigenvalue weighted by Crippen LogP contribution is -2.49. The third kappa shape index (κ3) is 3.33. The summed E-state index contributed by atoms with van der Waals surface area (Å²) in [4.78, 5) is 38.4. The van der Waals surface area contributed by atoms with E-state index >= 15 is 0 Å². The monoisotopic (exact) mass is 334 g/mol. The number of anilines is 1. The molecule has 2 amide bonds. The number of carbonyl (C=O) groups excluding carboxylic acids is 2. The number of hydrogen-bond acceptors (Lipinski definition) is 5. The van der Waals surface area contributed by atoms with Crippen LogP contribution in [0.5, 0.6) is 5.75 Å². The average molecular weight is 334 g/mol. The van der Waals surface area contributed by atoms with Gasteiger partial charge in [-0.25, -0.2) is 4.79 Å². The number of para-hydroxylation sites is 2. The second-order valence-corrected chi connectivity index (χ2v) is 5.59. The molecule has 8 heteroatoms. The number of carbonyl (C=O) groups is 3. The predicted octanol–water partition coefficient (Wildman–Crippen LogP) is 0.114. The fraction of sp³-hybridized carbons (Fsp3) is 0.438. The van der Waals surface area contributed by atoms with Crippen LogP contribution in [0.2, 0.25) is 0 Å². The molecule has 1 aromatic rings. The van der Waals surface area contributed by atoms with Crippen molar-refractivity contribution in [3.8, 4) is 5.75 Å². The Morgan fingerprint density at radius 3 is 2.88 bits per heavy atom. The number of benzene rings is 1. The van der Waals surface area contributed by atoms with E-state index in [-0.39, 0.29) is 44.5 Å². The molecule has 8 nitrogen and oxygen atoms in total. The molecule has 0 bridgehead atoms. The molecule has 24 heavy (non-hydrogen) atoms. The number of ether oxygens (including phenoxy) is 2. The maximum Gasteiger partial charge on any atom is 0.334 e. The molecule has 1 fully saturated rings. The Bertz CT molecular complexity index is 662. The molecular weight excluding hydrogens is 316 g/mol. The number of nitrogens with zero attached hydrogens (tertiary/aromatic N) is 2. The van der Waals surface area contributed by atoms with Crippen molar-refractivity contribution < 1.29 is 29.0 Å². The van der Waals surface area contributed by atoms with Gasteiger partial charge in [-0.15, -0.1) is 0 Å². The van der Waals surface area contributed by atoms with Crippen LogP contribution in [0.25, 0.3) is 0 Å². The zero-order valence-corrected chi connectivity index (χ0v) is 13.0. The summed E-state index contributed by atoms with van der Waals surface area (Å²) in [5, 5.41) is 8.99. The van der Waals surface area contributed by atoms with Crippen LogP contribution in [0.4, 0.5) is 5.69 Å². The molecule has 0 aliphatic carbocycles. The topological polar surface area (TPSA) is 96.4 Å². The van der Waals surface area contributed by atoms with Gasteiger partial charge < -0.3 is 24.4 Å². The highest BCUT2D eigenvalue weighted by molar-refractivity contribution is 5.98. The summed E-state index contributed by atoms with van der Waals surface area (Å²) in [5.41, 5.74) is 0.645. The van der Waals surface area contributed by atoms with Crippen molar-refractivity contribution in [2.75, 3.05) is 37.7 Å². The Kier molecular flexibility index (Phi) is 4.66. The third-order valence-corrected chi connectivity index (χ3v) is 4.05. The van der Waals surface area contributed by atoms with Crippen LogP contribution < -0.4 is 9.64 Å². The number of fused-ring (bicyclic) bond motifs is 1. The maximum absolute atomic E-state index is 12.3. The van der Waals surface area contributed by atoms with Crippen LogP contribution in [0.3, 0.4) is 0 Å². The molecule has 2 heterocycles. The maximum atomic E-state index is 12.3. The Morgan fingerprint density at radius 2 is 2.08 bits per heavy atom. The van der Waals surface area contributed by atoms with Crippen molar-refractivity contribution in [1.82, 2.24) is 4.90 Å². The molecule has 128 valence electrons. The number of rotatable bonds is 4. The van der Waals surface area contributed by atoms with Gasteiger partial charge in [0.15, 0.2) is 12.7 Å². The van der Waals surface area contributed by atoms with Gasteiger partial charge in [0.05, 0.1) is 18.8 Å². The van der Waals surface area contributed by atoms with Crippen molar-refractivity contribution in [2.24, 2.45) is 0 Å². The van der Waals surface area contributed by atoms with Gasteiger partial charge in [-0.3, -0.25) is 9.59 Å². The lowest BCUT2D eigenvalue weighted by molar-refractivity contribution is -0.159. The first kappa shape index (κ1) is 16.3. The van der Waals surface area contributed by atoms with Gasteiger partial charge in [0.25, 0.3) is 5.91 Å². The van der Waals surface area contributed by atoms with Gasteiger partial charge in [0, 0.05) is 19.5 Å². The predicted molar refractivity (Wildman–Crippen MR) is 82.9 cm³/mol. The Morgan fingerprint density at radius 1 is 1.29 bits per heavy atom. The first-order valence-corrected chi connectivity index (χ1v) is 7.70. The molecular formula is C16H18N2O6. The van der Waals surface area contributed by atoms with Crippen molar-refractivity contribution in [1.29, 1.82) is 0 Å². The second kappa shape index (κ2) is 6.88. The molecule has 3 rings (SSSR count). The van der Waals surface area contributed by atoms with Crippen molar-refractivity contribution >= 4 is 23.5 Å². The van der Waals surface area contributed by atoms with Crippen molar-refractivity contribution in [3.63, 3.8) is 0 Å². The lowest BCUT2D eigenvalue weighted by Gasteiger charge is -2.32. The molecule has 1 unspecified atom stereocenters. The van der Waals surface area contributed by atoms with Crippen molar-refractivity contribution in [2.45, 2.75) is 12.5 Å². The van der Waals surface area contributed by atoms with Gasteiger partial charge in [-0.05, 0) is 12.1 Å². The first-order chi connectivity index (χ1) is 11.6. The standard InChI is InChI=1S/C16H18N2O6/c19-14(17-7-8-23-13(9-17)16(21)22)5-6-18-11-3-1-2-4-12(11)24-10-15(18)20/h1-4,13H,5-10H2,(H,21,22). The molecule has 0 radical (unpaired) electrons. The fourth-order valence-corrected chi connectivity index (χ4v) is 2.79. The zero-order valence-electron chi connectivity index (χ0n) is 13.0. The number of carboxylic acids is 1. The number of morpholine rings is 1. The van der Waals surface area contributed by atoms with Crippen molar-refractivity contribution in [3.05, 3.63) is 24.3 Å². The van der Waals surface area contributed by atoms with E-state index in [9.17, 15) is 14.4 Å². The highest BCUT2D eigenvalue weighted by Gasteiger charge is 2.30. The summed E-state index contributed by atoms with van der Waals surface area (Å²) in [7, 11) is 0. The summed E-state index contributed by atoms with van der Waals surface area (Å²) >= 11 is 0. The van der Waals surface area contributed by atoms with E-state index in [2.05, 4.69) is 0 Å². The second-order valence-electron chi connectivity index (χ2n) is 5.59. The summed E-state index contributed by atoms with van der Waals surface area (Å²) < 4.78 is 10.5. The van der Waals surface area contributed by atoms with Gasteiger partial charge >= 0.3 is 5.97 Å². The van der Waals surface area contributed by atoms with E-state index in [1.807, 2.05) is 6.07 Å². The lowest BCUT2D eigenvalue weighted by atomic mass is 10.2. The molecule has 1 N–H and O–H groups in total. The first-order valence-electron chi connectivity index (χ1n) is 7.70. The Balaban J connectivity index is 1.62. The quantitative estimate of drug-likeness (QED) is 0.840. The van der Waals surface area contributed by atoms with Gasteiger partial charge in [0.2, 0.25) is 5.91 Å². The highest BCUT2D eigenvalue weighted by atomic mass is 16.5. The van der Waals surface area contributed by atoms with Crippen LogP contribution in [0.1, 0.15) is 6.42 Å². The van der Waals surface area contributed by atoms with E-state index in [4.69, 9.17) is 14.6 Å². The number of carboxylic acid groups (broad SMARTS) is 1. The summed E-state index contributed by atoms with van der Waals surface area (Å²) in [6.07, 6.45) is -0.875. The summed E-state index contributed by atoms with van der Waals surface area (Å²) in [6.45, 7) is 0.761. The third-order valence-electron chi connectivity index (χ3n) is 4.05. The van der Waals surface area contributed by atoms with Crippen LogP contribution in [-0.2, 0) is 19.1 Å². The number of aliphatic carboxylic acids is 1. The highest BCUT2D eigenvalue weighted by Crippen LogP contribution is 2.31. The van der Waals surface area contributed by atoms with Gasteiger partial charge in [0.1, 0.15) is 5.75 Å². The van der Waals surface area contributed by atoms with Gasteiger partial charge in [-0.2, -0.15) is 0 Å². The molecule has 1 atom stereocenters. The molecule has 0 aromatic heterocycles. The van der Waals surface area contributed by atoms with E-state index in [0.29, 0.717) is 18.0 Å².